The van der Waals surface area contributed by atoms with E-state index >= 15 is 0 Å². The minimum atomic E-state index is 0.548. The third kappa shape index (κ3) is 1.76. The summed E-state index contributed by atoms with van der Waals surface area (Å²) in [5.41, 5.74) is 0.548. The van der Waals surface area contributed by atoms with Crippen LogP contribution in [0.25, 0.3) is 0 Å². The van der Waals surface area contributed by atoms with E-state index in [0.717, 1.165) is 12.0 Å². The lowest BCUT2D eigenvalue weighted by Gasteiger charge is -2.45. The summed E-state index contributed by atoms with van der Waals surface area (Å²) in [6, 6.07) is 0.765. The molecule has 1 fully saturated rings. The molecule has 2 atom stereocenters. The van der Waals surface area contributed by atoms with Crippen LogP contribution in [0.2, 0.25) is 0 Å². The highest BCUT2D eigenvalue weighted by Crippen LogP contribution is 2.37. The van der Waals surface area contributed by atoms with Crippen LogP contribution in [0.4, 0.5) is 0 Å². The summed E-state index contributed by atoms with van der Waals surface area (Å²) < 4.78 is 0. The Morgan fingerprint density at radius 3 is 2.27 bits per heavy atom. The molecule has 0 aromatic rings. The van der Waals surface area contributed by atoms with Gasteiger partial charge in [-0.05, 0) is 31.7 Å². The molecule has 0 saturated carbocycles. The topological polar surface area (TPSA) is 3.24 Å². The fourth-order valence-corrected chi connectivity index (χ4v) is 1.98. The average Bonchev–Trinajstić information content (AvgIpc) is 1.83. The third-order valence-electron chi connectivity index (χ3n) is 3.47. The second kappa shape index (κ2) is 2.78. The molecular formula is C10H21N. The van der Waals surface area contributed by atoms with Crippen molar-refractivity contribution < 1.29 is 0 Å². The standard InChI is InChI=1S/C10H21N/c1-8-7-11(5)9(2)6-10(8,3)4/h8-9H,6-7H2,1-5H3. The molecular weight excluding hydrogens is 134 g/mol. The van der Waals surface area contributed by atoms with Crippen LogP contribution in [0.3, 0.4) is 0 Å². The highest BCUT2D eigenvalue weighted by Gasteiger charge is 2.34. The van der Waals surface area contributed by atoms with Crippen LogP contribution in [-0.4, -0.2) is 24.5 Å². The minimum Gasteiger partial charge on any atom is -0.303 e. The van der Waals surface area contributed by atoms with Crippen molar-refractivity contribution >= 4 is 0 Å². The van der Waals surface area contributed by atoms with Gasteiger partial charge in [0.15, 0.2) is 0 Å². The predicted molar refractivity (Wildman–Crippen MR) is 49.7 cm³/mol. The lowest BCUT2D eigenvalue weighted by molar-refractivity contribution is 0.0469. The van der Waals surface area contributed by atoms with Gasteiger partial charge >= 0.3 is 0 Å². The van der Waals surface area contributed by atoms with Crippen LogP contribution in [0.5, 0.6) is 0 Å². The van der Waals surface area contributed by atoms with Gasteiger partial charge in [-0.2, -0.15) is 0 Å². The maximum Gasteiger partial charge on any atom is 0.00691 e. The Morgan fingerprint density at radius 2 is 1.82 bits per heavy atom. The van der Waals surface area contributed by atoms with Gasteiger partial charge in [-0.3, -0.25) is 0 Å². The summed E-state index contributed by atoms with van der Waals surface area (Å²) in [4.78, 5) is 2.47. The van der Waals surface area contributed by atoms with Gasteiger partial charge in [0.25, 0.3) is 0 Å². The zero-order valence-corrected chi connectivity index (χ0v) is 8.52. The molecule has 1 heterocycles. The molecule has 0 bridgehead atoms. The molecule has 0 spiro atoms. The Kier molecular flexibility index (Phi) is 2.29. The average molecular weight is 155 g/mol. The number of piperidine rings is 1. The highest BCUT2D eigenvalue weighted by molar-refractivity contribution is 4.87. The van der Waals surface area contributed by atoms with Gasteiger partial charge in [0, 0.05) is 12.6 Å². The molecule has 1 aliphatic rings. The SMILES string of the molecule is CC1CC(C)(C)C(C)CN1C. The van der Waals surface area contributed by atoms with Crippen molar-refractivity contribution in [3.8, 4) is 0 Å². The van der Waals surface area contributed by atoms with E-state index in [-0.39, 0.29) is 0 Å². The molecule has 1 heteroatoms. The first-order valence-electron chi connectivity index (χ1n) is 4.64. The molecule has 11 heavy (non-hydrogen) atoms. The van der Waals surface area contributed by atoms with E-state index in [1.165, 1.54) is 13.0 Å². The fraction of sp³-hybridized carbons (Fsp3) is 1.00. The largest absolute Gasteiger partial charge is 0.303 e. The van der Waals surface area contributed by atoms with E-state index in [9.17, 15) is 0 Å². The van der Waals surface area contributed by atoms with Gasteiger partial charge in [-0.1, -0.05) is 20.8 Å². The van der Waals surface area contributed by atoms with Crippen molar-refractivity contribution in [3.05, 3.63) is 0 Å². The van der Waals surface area contributed by atoms with Crippen LogP contribution in [0.15, 0.2) is 0 Å². The number of hydrogen-bond donors (Lipinski definition) is 0. The molecule has 1 nitrogen and oxygen atoms in total. The van der Waals surface area contributed by atoms with Crippen molar-refractivity contribution in [3.63, 3.8) is 0 Å². The molecule has 0 aliphatic carbocycles. The van der Waals surface area contributed by atoms with E-state index in [0.29, 0.717) is 5.41 Å². The van der Waals surface area contributed by atoms with Crippen LogP contribution < -0.4 is 0 Å². The van der Waals surface area contributed by atoms with Gasteiger partial charge in [0.2, 0.25) is 0 Å². The Hall–Kier alpha value is -0.0400. The molecule has 1 aliphatic heterocycles. The van der Waals surface area contributed by atoms with E-state index in [1.807, 2.05) is 0 Å². The molecule has 1 saturated heterocycles. The molecule has 0 amide bonds. The smallest absolute Gasteiger partial charge is 0.00691 e. The van der Waals surface area contributed by atoms with Crippen LogP contribution >= 0.6 is 0 Å². The van der Waals surface area contributed by atoms with E-state index in [2.05, 4.69) is 39.6 Å². The number of nitrogens with zero attached hydrogens (tertiary/aromatic N) is 1. The first-order valence-corrected chi connectivity index (χ1v) is 4.64. The third-order valence-corrected chi connectivity index (χ3v) is 3.47. The maximum absolute atomic E-state index is 2.47. The molecule has 2 unspecified atom stereocenters. The number of likely N-dealkylation sites (tertiary alicyclic amines) is 1. The summed E-state index contributed by atoms with van der Waals surface area (Å²) in [7, 11) is 2.23. The van der Waals surface area contributed by atoms with Crippen molar-refractivity contribution in [2.24, 2.45) is 11.3 Å². The summed E-state index contributed by atoms with van der Waals surface area (Å²) in [6.07, 6.45) is 1.34. The second-order valence-electron chi connectivity index (χ2n) is 4.88. The highest BCUT2D eigenvalue weighted by atomic mass is 15.1. The maximum atomic E-state index is 2.47. The normalized spacial score (nSPS) is 39.0. The van der Waals surface area contributed by atoms with Crippen LogP contribution in [0.1, 0.15) is 34.1 Å². The summed E-state index contributed by atoms with van der Waals surface area (Å²) >= 11 is 0. The van der Waals surface area contributed by atoms with Crippen LogP contribution in [-0.2, 0) is 0 Å². The fourth-order valence-electron chi connectivity index (χ4n) is 1.98. The molecule has 0 N–H and O–H groups in total. The molecule has 0 aromatic carbocycles. The van der Waals surface area contributed by atoms with Crippen LogP contribution in [0, 0.1) is 11.3 Å². The van der Waals surface area contributed by atoms with E-state index in [1.54, 1.807) is 0 Å². The number of hydrogen-bond acceptors (Lipinski definition) is 1. The molecule has 1 rings (SSSR count). The van der Waals surface area contributed by atoms with Gasteiger partial charge in [-0.25, -0.2) is 0 Å². The number of rotatable bonds is 0. The Balaban J connectivity index is 2.63. The quantitative estimate of drug-likeness (QED) is 0.519. The van der Waals surface area contributed by atoms with Crippen molar-refractivity contribution in [1.82, 2.24) is 4.90 Å². The Morgan fingerprint density at radius 1 is 1.27 bits per heavy atom. The van der Waals surface area contributed by atoms with Gasteiger partial charge in [0.1, 0.15) is 0 Å². The zero-order chi connectivity index (χ0) is 8.65. The van der Waals surface area contributed by atoms with Crippen molar-refractivity contribution in [1.29, 1.82) is 0 Å². The van der Waals surface area contributed by atoms with E-state index in [4.69, 9.17) is 0 Å². The molecule has 0 aromatic heterocycles. The lowest BCUT2D eigenvalue weighted by Crippen LogP contribution is -2.46. The Labute approximate surface area is 70.8 Å². The minimum absolute atomic E-state index is 0.548. The summed E-state index contributed by atoms with van der Waals surface area (Å²) in [6.45, 7) is 10.7. The van der Waals surface area contributed by atoms with Crippen molar-refractivity contribution in [2.45, 2.75) is 40.2 Å². The van der Waals surface area contributed by atoms with E-state index < -0.39 is 0 Å². The lowest BCUT2D eigenvalue weighted by atomic mass is 9.72. The predicted octanol–water partition coefficient (Wildman–Crippen LogP) is 2.37. The first-order chi connectivity index (χ1) is 4.93. The Bertz CT molecular complexity index is 140. The van der Waals surface area contributed by atoms with Gasteiger partial charge in [0.05, 0.1) is 0 Å². The molecule has 66 valence electrons. The first kappa shape index (κ1) is 9.05. The summed E-state index contributed by atoms with van der Waals surface area (Å²) in [5, 5.41) is 0. The van der Waals surface area contributed by atoms with Crippen molar-refractivity contribution in [2.75, 3.05) is 13.6 Å². The van der Waals surface area contributed by atoms with Gasteiger partial charge < -0.3 is 4.90 Å². The van der Waals surface area contributed by atoms with Gasteiger partial charge in [-0.15, -0.1) is 0 Å². The summed E-state index contributed by atoms with van der Waals surface area (Å²) in [5.74, 6) is 0.837. The zero-order valence-electron chi connectivity index (χ0n) is 8.52. The second-order valence-corrected chi connectivity index (χ2v) is 4.88. The molecule has 0 radical (unpaired) electrons. The monoisotopic (exact) mass is 155 g/mol.